The predicted octanol–water partition coefficient (Wildman–Crippen LogP) is 5.69. The van der Waals surface area contributed by atoms with Crippen molar-refractivity contribution in [2.24, 2.45) is 11.2 Å². The van der Waals surface area contributed by atoms with Gasteiger partial charge in [0.1, 0.15) is 12.6 Å². The summed E-state index contributed by atoms with van der Waals surface area (Å²) >= 11 is 0. The summed E-state index contributed by atoms with van der Waals surface area (Å²) in [6, 6.07) is 17.6. The number of benzene rings is 3. The Morgan fingerprint density at radius 1 is 1.00 bits per heavy atom. The van der Waals surface area contributed by atoms with E-state index >= 15 is 0 Å². The summed E-state index contributed by atoms with van der Waals surface area (Å²) in [4.78, 5) is 43.6. The highest BCUT2D eigenvalue weighted by atomic mass is 32.2. The number of fused-ring (bicyclic) bond motifs is 1. The number of carbonyl (C=O) groups is 3. The number of likely N-dealkylation sites (N-methyl/N-ethyl adjacent to an activating group) is 1. The Labute approximate surface area is 301 Å². The van der Waals surface area contributed by atoms with E-state index in [-0.39, 0.29) is 33.4 Å². The number of hydrazine groups is 1. The summed E-state index contributed by atoms with van der Waals surface area (Å²) in [5, 5.41) is 20.9. The Hall–Kier alpha value is -5.98. The van der Waals surface area contributed by atoms with E-state index in [0.29, 0.717) is 5.56 Å². The van der Waals surface area contributed by atoms with Gasteiger partial charge in [0.15, 0.2) is 5.69 Å². The van der Waals surface area contributed by atoms with Gasteiger partial charge in [-0.2, -0.15) is 18.3 Å². The lowest BCUT2D eigenvalue weighted by molar-refractivity contribution is -0.715. The van der Waals surface area contributed by atoms with Crippen LogP contribution < -0.4 is 4.72 Å². The van der Waals surface area contributed by atoms with Crippen LogP contribution in [0.2, 0.25) is 0 Å². The van der Waals surface area contributed by atoms with E-state index in [2.05, 4.69) is 10.4 Å². The molecule has 280 valence electrons. The van der Waals surface area contributed by atoms with E-state index in [1.54, 1.807) is 55.0 Å². The number of hydrogen-bond acceptors (Lipinski definition) is 10. The van der Waals surface area contributed by atoms with Gasteiger partial charge in [-0.15, -0.1) is 5.01 Å². The van der Waals surface area contributed by atoms with Crippen LogP contribution in [0.4, 0.5) is 18.0 Å². The number of hydrogen-bond donors (Lipinski definition) is 1. The van der Waals surface area contributed by atoms with Crippen LogP contribution in [0, 0.1) is 18.0 Å². The minimum atomic E-state index is -4.74. The fourth-order valence-electron chi connectivity index (χ4n) is 5.38. The van der Waals surface area contributed by atoms with Gasteiger partial charge < -0.3 is 14.8 Å². The first-order chi connectivity index (χ1) is 24.9. The average molecular weight is 758 g/mol. The van der Waals surface area contributed by atoms with Gasteiger partial charge in [-0.05, 0) is 62.2 Å². The van der Waals surface area contributed by atoms with Crippen LogP contribution in [0.5, 0.6) is 0 Å². The van der Waals surface area contributed by atoms with E-state index in [1.807, 2.05) is 6.92 Å². The van der Waals surface area contributed by atoms with Crippen molar-refractivity contribution in [2.45, 2.75) is 51.0 Å². The lowest BCUT2D eigenvalue weighted by atomic mass is 10.1. The van der Waals surface area contributed by atoms with Crippen LogP contribution in [0.3, 0.4) is 0 Å². The number of carbonyl (C=O) groups excluding carboxylic acids is 3. The number of halogens is 3. The molecule has 1 aliphatic rings. The minimum Gasteiger partial charge on any atom is -0.569 e. The van der Waals surface area contributed by atoms with Crippen molar-refractivity contribution in [1.29, 1.82) is 0 Å². The lowest BCUT2D eigenvalue weighted by Crippen LogP contribution is -2.45. The van der Waals surface area contributed by atoms with Gasteiger partial charge in [-0.25, -0.2) is 27.5 Å². The number of imide groups is 1. The summed E-state index contributed by atoms with van der Waals surface area (Å²) in [7, 11) is -3.22. The molecule has 1 unspecified atom stereocenters. The van der Waals surface area contributed by atoms with Crippen molar-refractivity contribution in [3.05, 3.63) is 106 Å². The zero-order valence-electron chi connectivity index (χ0n) is 28.9. The highest BCUT2D eigenvalue weighted by Gasteiger charge is 2.40. The fourth-order valence-corrected chi connectivity index (χ4v) is 6.27. The van der Waals surface area contributed by atoms with Crippen molar-refractivity contribution in [3.63, 3.8) is 0 Å². The van der Waals surface area contributed by atoms with Crippen molar-refractivity contribution < 1.29 is 50.5 Å². The Bertz CT molecular complexity index is 2120. The number of rotatable bonds is 12. The van der Waals surface area contributed by atoms with Gasteiger partial charge in [0, 0.05) is 5.56 Å². The zero-order chi connectivity index (χ0) is 38.8. The normalized spacial score (nSPS) is 14.6. The molecule has 53 heavy (non-hydrogen) atoms. The van der Waals surface area contributed by atoms with Gasteiger partial charge in [0.2, 0.25) is 11.5 Å². The number of nitrogens with zero attached hydrogens (tertiary/aromatic N) is 6. The molecule has 0 radical (unpaired) electrons. The topological polar surface area (TPSA) is 179 Å². The summed E-state index contributed by atoms with van der Waals surface area (Å²) in [6.07, 6.45) is -7.36. The third kappa shape index (κ3) is 8.24. The third-order valence-corrected chi connectivity index (χ3v) is 9.65. The molecule has 0 bridgehead atoms. The van der Waals surface area contributed by atoms with Crippen molar-refractivity contribution in [3.8, 4) is 16.9 Å². The van der Waals surface area contributed by atoms with E-state index in [0.717, 1.165) is 38.4 Å². The van der Waals surface area contributed by atoms with Crippen LogP contribution >= 0.6 is 0 Å². The lowest BCUT2D eigenvalue weighted by Gasteiger charge is -2.27. The smallest absolute Gasteiger partial charge is 0.435 e. The van der Waals surface area contributed by atoms with Gasteiger partial charge in [0.25, 0.3) is 21.8 Å². The fraction of sp³-hybridized carbons (Fsp3) is 0.294. The van der Waals surface area contributed by atoms with Crippen LogP contribution in [0.15, 0.2) is 89.0 Å². The van der Waals surface area contributed by atoms with Crippen molar-refractivity contribution >= 4 is 27.9 Å². The maximum absolute atomic E-state index is 13.6. The molecule has 0 saturated heterocycles. The molecule has 0 aliphatic carbocycles. The Kier molecular flexibility index (Phi) is 10.8. The van der Waals surface area contributed by atoms with Crippen molar-refractivity contribution in [1.82, 2.24) is 24.4 Å². The van der Waals surface area contributed by atoms with Gasteiger partial charge in [-0.3, -0.25) is 9.59 Å². The average Bonchev–Trinajstić information content (AvgIpc) is 3.67. The number of nitrogens with one attached hydrogen (secondary N) is 1. The monoisotopic (exact) mass is 757 g/mol. The number of ether oxygens (including phenoxy) is 1. The molecule has 15 nitrogen and oxygen atoms in total. The molecule has 2 heterocycles. The standard InChI is InChI=1S/C34H34F3N7O8S/c1-20(2)29(41(5)44(48)40-52-22(4)42-31(45)26-8-6-7-9-27(26)32(42)46)19-51-33(47)39-53(49,50)25-16-14-24(15-17-25)43-28(18-30(38-43)34(35,36)37)23-12-10-21(3)11-13-23/h6-18,20,22,29H,19H2,1-5H3,(H,39,47)/t22?,29-/m1/s1. The summed E-state index contributed by atoms with van der Waals surface area (Å²) in [5.74, 6) is -1.59. The number of aryl methyl sites for hydroxylation is 1. The largest absolute Gasteiger partial charge is 0.569 e. The molecule has 0 saturated carbocycles. The molecule has 1 aliphatic heterocycles. The predicted molar refractivity (Wildman–Crippen MR) is 180 cm³/mol. The molecule has 3 aromatic carbocycles. The first-order valence-electron chi connectivity index (χ1n) is 16.0. The summed E-state index contributed by atoms with van der Waals surface area (Å²) in [5.41, 5.74) is 0.804. The van der Waals surface area contributed by atoms with Crippen LogP contribution in [0.1, 0.15) is 52.7 Å². The van der Waals surface area contributed by atoms with Gasteiger partial charge >= 0.3 is 12.3 Å². The van der Waals surface area contributed by atoms with Crippen molar-refractivity contribution in [2.75, 3.05) is 13.7 Å². The zero-order valence-corrected chi connectivity index (χ0v) is 29.8. The van der Waals surface area contributed by atoms with Gasteiger partial charge in [-0.1, -0.05) is 55.8 Å². The molecule has 19 heteroatoms. The number of aromatic nitrogens is 2. The van der Waals surface area contributed by atoms with E-state index in [1.165, 1.54) is 38.2 Å². The molecule has 5 rings (SSSR count). The Morgan fingerprint density at radius 2 is 1.58 bits per heavy atom. The quantitative estimate of drug-likeness (QED) is 0.0817. The van der Waals surface area contributed by atoms with Crippen LogP contribution in [-0.2, 0) is 25.8 Å². The number of amides is 3. The molecular weight excluding hydrogens is 723 g/mol. The number of sulfonamides is 1. The second kappa shape index (κ2) is 14.9. The second-order valence-corrected chi connectivity index (χ2v) is 14.0. The summed E-state index contributed by atoms with van der Waals surface area (Å²) in [6.45, 7) is 6.08. The molecular formula is C34H34F3N7O8S. The molecule has 1 aromatic heterocycles. The molecule has 3 amide bonds. The maximum Gasteiger partial charge on any atom is 0.435 e. The molecule has 0 fully saturated rings. The first-order valence-corrected chi connectivity index (χ1v) is 17.5. The Balaban J connectivity index is 1.22. The minimum absolute atomic E-state index is 0.0282. The second-order valence-electron chi connectivity index (χ2n) is 12.3. The molecule has 2 atom stereocenters. The molecule has 4 aromatic rings. The van der Waals surface area contributed by atoms with E-state index in [4.69, 9.17) is 9.57 Å². The number of alkyl halides is 3. The SMILES string of the molecule is Cc1ccc(-c2cc(C(F)(F)F)nn2-c2ccc(S(=O)(=O)NC(=O)OC[C@H](C(C)C)N(C)[N+]([O-])=NOC(C)N3C(=O)c4ccccc4C3=O)cc2)cc1. The van der Waals surface area contributed by atoms with E-state index < -0.39 is 63.6 Å². The van der Waals surface area contributed by atoms with Crippen LogP contribution in [-0.4, -0.2) is 76.9 Å². The highest BCUT2D eigenvalue weighted by molar-refractivity contribution is 7.90. The Morgan fingerprint density at radius 3 is 2.13 bits per heavy atom. The third-order valence-electron chi connectivity index (χ3n) is 8.32. The van der Waals surface area contributed by atoms with Crippen LogP contribution in [0.25, 0.3) is 16.9 Å². The highest BCUT2D eigenvalue weighted by Crippen LogP contribution is 2.33. The first kappa shape index (κ1) is 38.3. The molecule has 0 spiro atoms. The van der Waals surface area contributed by atoms with Gasteiger partial charge in [0.05, 0.1) is 39.4 Å². The van der Waals surface area contributed by atoms with E-state index in [9.17, 15) is 41.2 Å². The summed E-state index contributed by atoms with van der Waals surface area (Å²) < 4.78 is 74.7. The molecule has 1 N–H and O–H groups in total. The maximum atomic E-state index is 13.6.